The zero-order chi connectivity index (χ0) is 9.35. The highest BCUT2D eigenvalue weighted by atomic mass is 15.1. The summed E-state index contributed by atoms with van der Waals surface area (Å²) in [5.41, 5.74) is 6.55. The summed E-state index contributed by atoms with van der Waals surface area (Å²) < 4.78 is 0. The van der Waals surface area contributed by atoms with Gasteiger partial charge in [-0.2, -0.15) is 0 Å². The van der Waals surface area contributed by atoms with Crippen molar-refractivity contribution in [2.45, 2.75) is 45.2 Å². The van der Waals surface area contributed by atoms with Gasteiger partial charge in [0.1, 0.15) is 0 Å². The molecule has 0 aromatic heterocycles. The first kappa shape index (κ1) is 10.0. The lowest BCUT2D eigenvalue weighted by atomic mass is 9.73. The largest absolute Gasteiger partial charge is 0.326 e. The van der Waals surface area contributed by atoms with Gasteiger partial charge < -0.3 is 10.6 Å². The molecule has 1 aliphatic carbocycles. The Morgan fingerprint density at radius 1 is 1.33 bits per heavy atom. The summed E-state index contributed by atoms with van der Waals surface area (Å²) in [6, 6.07) is 0.960. The molecule has 0 saturated heterocycles. The highest BCUT2D eigenvalue weighted by molar-refractivity contribution is 4.91. The Hall–Kier alpha value is -0.0800. The second-order valence-corrected chi connectivity index (χ2v) is 5.10. The van der Waals surface area contributed by atoms with E-state index in [0.29, 0.717) is 17.5 Å². The summed E-state index contributed by atoms with van der Waals surface area (Å²) in [6.07, 6.45) is 3.69. The fraction of sp³-hybridized carbons (Fsp3) is 1.00. The number of nitrogens with two attached hydrogens (primary N) is 1. The van der Waals surface area contributed by atoms with Crippen LogP contribution >= 0.6 is 0 Å². The highest BCUT2D eigenvalue weighted by Crippen LogP contribution is 2.35. The van der Waals surface area contributed by atoms with Gasteiger partial charge in [0.25, 0.3) is 0 Å². The maximum atomic E-state index is 6.06. The fourth-order valence-electron chi connectivity index (χ4n) is 2.13. The molecule has 12 heavy (non-hydrogen) atoms. The summed E-state index contributed by atoms with van der Waals surface area (Å²) in [7, 11) is 4.26. The van der Waals surface area contributed by atoms with Crippen molar-refractivity contribution in [1.29, 1.82) is 0 Å². The van der Waals surface area contributed by atoms with Crippen LogP contribution in [0.5, 0.6) is 0 Å². The Balaban J connectivity index is 2.59. The second-order valence-electron chi connectivity index (χ2n) is 5.10. The Kier molecular flexibility index (Phi) is 2.79. The van der Waals surface area contributed by atoms with Crippen molar-refractivity contribution < 1.29 is 0 Å². The molecule has 2 unspecified atom stereocenters. The first-order valence-corrected chi connectivity index (χ1v) is 4.84. The molecule has 0 aromatic rings. The van der Waals surface area contributed by atoms with Crippen LogP contribution in [0.2, 0.25) is 0 Å². The van der Waals surface area contributed by atoms with Crippen molar-refractivity contribution in [2.24, 2.45) is 11.1 Å². The van der Waals surface area contributed by atoms with E-state index in [0.717, 1.165) is 0 Å². The molecule has 0 aromatic carbocycles. The van der Waals surface area contributed by atoms with Gasteiger partial charge in [0.15, 0.2) is 0 Å². The van der Waals surface area contributed by atoms with Crippen LogP contribution in [0.1, 0.15) is 33.1 Å². The topological polar surface area (TPSA) is 29.3 Å². The average molecular weight is 170 g/mol. The van der Waals surface area contributed by atoms with Gasteiger partial charge in [-0.05, 0) is 38.8 Å². The first-order valence-electron chi connectivity index (χ1n) is 4.84. The third-order valence-corrected chi connectivity index (χ3v) is 3.07. The lowest BCUT2D eigenvalue weighted by Crippen LogP contribution is -2.50. The van der Waals surface area contributed by atoms with E-state index < -0.39 is 0 Å². The van der Waals surface area contributed by atoms with Gasteiger partial charge in [-0.15, -0.1) is 0 Å². The van der Waals surface area contributed by atoms with Gasteiger partial charge in [0, 0.05) is 12.1 Å². The third kappa shape index (κ3) is 2.20. The second kappa shape index (κ2) is 3.35. The lowest BCUT2D eigenvalue weighted by molar-refractivity contribution is 0.113. The quantitative estimate of drug-likeness (QED) is 0.645. The summed E-state index contributed by atoms with van der Waals surface area (Å²) in [6.45, 7) is 4.69. The molecule has 2 heteroatoms. The van der Waals surface area contributed by atoms with E-state index in [2.05, 4.69) is 32.8 Å². The standard InChI is InChI=1S/C10H22N2/c1-10(2)6-5-8(11)9(7-10)12(3)4/h8-9H,5-7,11H2,1-4H3. The van der Waals surface area contributed by atoms with E-state index in [1.807, 2.05) is 0 Å². The van der Waals surface area contributed by atoms with E-state index >= 15 is 0 Å². The van der Waals surface area contributed by atoms with Gasteiger partial charge in [-0.3, -0.25) is 0 Å². The van der Waals surface area contributed by atoms with Crippen LogP contribution in [0.25, 0.3) is 0 Å². The average Bonchev–Trinajstić information content (AvgIpc) is 1.94. The van der Waals surface area contributed by atoms with Crippen LogP contribution in [0, 0.1) is 5.41 Å². The zero-order valence-corrected chi connectivity index (χ0v) is 8.80. The van der Waals surface area contributed by atoms with Crippen molar-refractivity contribution in [3.05, 3.63) is 0 Å². The number of hydrogen-bond acceptors (Lipinski definition) is 2. The predicted octanol–water partition coefficient (Wildman–Crippen LogP) is 1.45. The summed E-state index contributed by atoms with van der Waals surface area (Å²) >= 11 is 0. The van der Waals surface area contributed by atoms with Gasteiger partial charge in [0.05, 0.1) is 0 Å². The molecular weight excluding hydrogens is 148 g/mol. The molecule has 0 amide bonds. The molecule has 2 atom stereocenters. The maximum Gasteiger partial charge on any atom is 0.0246 e. The van der Waals surface area contributed by atoms with Crippen molar-refractivity contribution >= 4 is 0 Å². The van der Waals surface area contributed by atoms with Gasteiger partial charge in [-0.1, -0.05) is 13.8 Å². The molecule has 2 nitrogen and oxygen atoms in total. The molecule has 0 heterocycles. The molecule has 2 N–H and O–H groups in total. The fourth-order valence-corrected chi connectivity index (χ4v) is 2.13. The molecule has 1 saturated carbocycles. The third-order valence-electron chi connectivity index (χ3n) is 3.07. The smallest absolute Gasteiger partial charge is 0.0246 e. The zero-order valence-electron chi connectivity index (χ0n) is 8.80. The van der Waals surface area contributed by atoms with Crippen LogP contribution < -0.4 is 5.73 Å². The van der Waals surface area contributed by atoms with E-state index in [1.54, 1.807) is 0 Å². The molecular formula is C10H22N2. The molecule has 1 aliphatic rings. The first-order chi connectivity index (χ1) is 5.42. The Labute approximate surface area is 76.1 Å². The van der Waals surface area contributed by atoms with Crippen LogP contribution in [-0.4, -0.2) is 31.1 Å². The van der Waals surface area contributed by atoms with Crippen molar-refractivity contribution in [1.82, 2.24) is 4.90 Å². The van der Waals surface area contributed by atoms with Crippen LogP contribution in [0.3, 0.4) is 0 Å². The van der Waals surface area contributed by atoms with Crippen LogP contribution in [-0.2, 0) is 0 Å². The number of likely N-dealkylation sites (N-methyl/N-ethyl adjacent to an activating group) is 1. The molecule has 0 spiro atoms. The molecule has 1 rings (SSSR count). The van der Waals surface area contributed by atoms with Crippen molar-refractivity contribution in [3.8, 4) is 0 Å². The monoisotopic (exact) mass is 170 g/mol. The highest BCUT2D eigenvalue weighted by Gasteiger charge is 2.33. The minimum Gasteiger partial charge on any atom is -0.326 e. The van der Waals surface area contributed by atoms with Crippen LogP contribution in [0.15, 0.2) is 0 Å². The summed E-state index contributed by atoms with van der Waals surface area (Å²) in [5.74, 6) is 0. The minimum absolute atomic E-state index is 0.382. The number of rotatable bonds is 1. The number of hydrogen-bond donors (Lipinski definition) is 1. The molecule has 1 fully saturated rings. The Morgan fingerprint density at radius 3 is 2.33 bits per heavy atom. The Morgan fingerprint density at radius 2 is 1.92 bits per heavy atom. The predicted molar refractivity (Wildman–Crippen MR) is 53.1 cm³/mol. The van der Waals surface area contributed by atoms with Crippen molar-refractivity contribution in [3.63, 3.8) is 0 Å². The summed E-state index contributed by atoms with van der Waals surface area (Å²) in [4.78, 5) is 2.27. The normalized spacial score (nSPS) is 35.5. The van der Waals surface area contributed by atoms with Crippen molar-refractivity contribution in [2.75, 3.05) is 14.1 Å². The van der Waals surface area contributed by atoms with Gasteiger partial charge in [-0.25, -0.2) is 0 Å². The Bertz CT molecular complexity index is 152. The van der Waals surface area contributed by atoms with Gasteiger partial charge in [0.2, 0.25) is 0 Å². The van der Waals surface area contributed by atoms with E-state index in [4.69, 9.17) is 5.73 Å². The SMILES string of the molecule is CN(C)C1CC(C)(C)CCC1N. The summed E-state index contributed by atoms with van der Waals surface area (Å²) in [5, 5.41) is 0. The van der Waals surface area contributed by atoms with E-state index in [1.165, 1.54) is 19.3 Å². The van der Waals surface area contributed by atoms with E-state index in [-0.39, 0.29) is 0 Å². The van der Waals surface area contributed by atoms with E-state index in [9.17, 15) is 0 Å². The number of nitrogens with zero attached hydrogens (tertiary/aromatic N) is 1. The minimum atomic E-state index is 0.382. The molecule has 72 valence electrons. The van der Waals surface area contributed by atoms with Crippen LogP contribution in [0.4, 0.5) is 0 Å². The lowest BCUT2D eigenvalue weighted by Gasteiger charge is -2.42. The van der Waals surface area contributed by atoms with Gasteiger partial charge >= 0.3 is 0 Å². The molecule has 0 radical (unpaired) electrons. The molecule has 0 aliphatic heterocycles. The molecule has 0 bridgehead atoms. The maximum absolute atomic E-state index is 6.06.